The Morgan fingerprint density at radius 3 is 2.26 bits per heavy atom. The number of primary amides is 1. The van der Waals surface area contributed by atoms with Gasteiger partial charge < -0.3 is 50.5 Å². The summed E-state index contributed by atoms with van der Waals surface area (Å²) in [5.41, 5.74) is 2.32. The number of ketones is 2. The number of amides is 2. The Labute approximate surface area is 309 Å². The molecule has 2 saturated carbocycles. The molecule has 15 heteroatoms. The second kappa shape index (κ2) is 14.9. The van der Waals surface area contributed by atoms with E-state index in [-0.39, 0.29) is 48.5 Å². The van der Waals surface area contributed by atoms with E-state index in [4.69, 9.17) is 15.2 Å². The van der Waals surface area contributed by atoms with Crippen LogP contribution in [0, 0.1) is 23.2 Å². The molecule has 292 valence electrons. The van der Waals surface area contributed by atoms with Crippen LogP contribution in [0.1, 0.15) is 76.0 Å². The van der Waals surface area contributed by atoms with Crippen LogP contribution in [0.3, 0.4) is 0 Å². The van der Waals surface area contributed by atoms with Crippen molar-refractivity contribution in [2.45, 2.75) is 90.2 Å². The third-order valence-corrected chi connectivity index (χ3v) is 11.0. The number of phenols is 1. The summed E-state index contributed by atoms with van der Waals surface area (Å²) in [6, 6.07) is 0.506. The van der Waals surface area contributed by atoms with E-state index >= 15 is 0 Å². The molecule has 0 aromatic heterocycles. The van der Waals surface area contributed by atoms with E-state index in [1.165, 1.54) is 9.80 Å². The predicted molar refractivity (Wildman–Crippen MR) is 193 cm³/mol. The van der Waals surface area contributed by atoms with Crippen molar-refractivity contribution < 1.29 is 54.2 Å². The van der Waals surface area contributed by atoms with E-state index in [1.54, 1.807) is 39.2 Å². The summed E-state index contributed by atoms with van der Waals surface area (Å²) < 4.78 is 10.9. The van der Waals surface area contributed by atoms with Gasteiger partial charge in [0.2, 0.25) is 5.78 Å². The number of carbonyl (C=O) groups is 4. The minimum Gasteiger partial charge on any atom is -0.508 e. The fourth-order valence-corrected chi connectivity index (χ4v) is 8.63. The molecule has 0 saturated heterocycles. The van der Waals surface area contributed by atoms with E-state index in [0.29, 0.717) is 11.3 Å². The summed E-state index contributed by atoms with van der Waals surface area (Å²) in [7, 11) is 6.63. The lowest BCUT2D eigenvalue weighted by atomic mass is 9.57. The molecule has 2 fully saturated rings. The van der Waals surface area contributed by atoms with Crippen LogP contribution in [0.25, 0.3) is 5.76 Å². The van der Waals surface area contributed by atoms with E-state index in [2.05, 4.69) is 0 Å². The summed E-state index contributed by atoms with van der Waals surface area (Å²) in [5, 5.41) is 57.4. The smallest absolute Gasteiger partial charge is 0.412 e. The molecule has 0 bridgehead atoms. The van der Waals surface area contributed by atoms with Gasteiger partial charge >= 0.3 is 6.09 Å². The minimum absolute atomic E-state index is 0.0331. The Kier molecular flexibility index (Phi) is 11.3. The van der Waals surface area contributed by atoms with Gasteiger partial charge in [-0.05, 0) is 62.7 Å². The number of ether oxygens (including phenoxy) is 2. The molecule has 5 rings (SSSR count). The second-order valence-corrected chi connectivity index (χ2v) is 16.5. The number of aliphatic hydroxyl groups excluding tert-OH is 3. The first-order chi connectivity index (χ1) is 24.7. The van der Waals surface area contributed by atoms with Gasteiger partial charge in [0.1, 0.15) is 22.8 Å². The zero-order valence-electron chi connectivity index (χ0n) is 31.6. The first-order valence-corrected chi connectivity index (χ1v) is 18.1. The Balaban J connectivity index is 1.53. The number of rotatable bonds is 10. The van der Waals surface area contributed by atoms with Crippen molar-refractivity contribution in [3.8, 4) is 5.75 Å². The number of nitrogens with zero attached hydrogens (tertiary/aromatic N) is 3. The molecule has 5 atom stereocenters. The minimum atomic E-state index is -2.76. The number of phenolic OH excluding ortho intramolecular Hbond substituents is 1. The van der Waals surface area contributed by atoms with Crippen LogP contribution in [-0.4, -0.2) is 118 Å². The molecule has 7 N–H and O–H groups in total. The van der Waals surface area contributed by atoms with E-state index in [1.807, 2.05) is 20.8 Å². The summed E-state index contributed by atoms with van der Waals surface area (Å²) in [5.74, 6) is -7.40. The molecule has 0 spiro atoms. The number of aromatic hydroxyl groups is 1. The van der Waals surface area contributed by atoms with Gasteiger partial charge in [-0.25, -0.2) is 4.79 Å². The molecule has 0 aliphatic heterocycles. The number of fused-ring (bicyclic) bond motifs is 3. The number of nitrogens with two attached hydrogens (primary N) is 1. The lowest BCUT2D eigenvalue weighted by molar-refractivity contribution is -0.184. The number of hydrogen-bond donors (Lipinski definition) is 6. The van der Waals surface area contributed by atoms with Gasteiger partial charge in [0.15, 0.2) is 24.5 Å². The molecule has 0 radical (unpaired) electrons. The maximum Gasteiger partial charge on any atom is 0.412 e. The molecule has 1 aromatic rings. The first-order valence-electron chi connectivity index (χ1n) is 18.1. The van der Waals surface area contributed by atoms with Gasteiger partial charge in [0.25, 0.3) is 5.91 Å². The summed E-state index contributed by atoms with van der Waals surface area (Å²) >= 11 is 0. The third kappa shape index (κ3) is 7.36. The Bertz CT molecular complexity index is 1720. The molecule has 53 heavy (non-hydrogen) atoms. The third-order valence-electron chi connectivity index (χ3n) is 11.0. The van der Waals surface area contributed by atoms with Crippen LogP contribution >= 0.6 is 0 Å². The zero-order chi connectivity index (χ0) is 39.3. The maximum absolute atomic E-state index is 14.3. The molecular formula is C38H54N4O11. The van der Waals surface area contributed by atoms with Crippen LogP contribution in [0.4, 0.5) is 10.5 Å². The Morgan fingerprint density at radius 1 is 1.06 bits per heavy atom. The first kappa shape index (κ1) is 40.0. The fraction of sp³-hybridized carbons (Fsp3) is 0.632. The molecular weight excluding hydrogens is 688 g/mol. The van der Waals surface area contributed by atoms with Gasteiger partial charge in [-0.15, -0.1) is 0 Å². The van der Waals surface area contributed by atoms with Crippen LogP contribution in [0.5, 0.6) is 5.75 Å². The van der Waals surface area contributed by atoms with Crippen molar-refractivity contribution in [2.75, 3.05) is 46.4 Å². The van der Waals surface area contributed by atoms with Crippen molar-refractivity contribution >= 4 is 35.0 Å². The number of Topliss-reactive ketones (excluding diaryl/α,β-unsaturated/α-hetero) is 2. The van der Waals surface area contributed by atoms with Crippen LogP contribution in [-0.2, 0) is 36.8 Å². The summed E-state index contributed by atoms with van der Waals surface area (Å²) in [6.45, 7) is 5.30. The van der Waals surface area contributed by atoms with Gasteiger partial charge in [0, 0.05) is 49.3 Å². The van der Waals surface area contributed by atoms with Gasteiger partial charge in [0.05, 0.1) is 18.2 Å². The average molecular weight is 743 g/mol. The highest BCUT2D eigenvalue weighted by molar-refractivity contribution is 6.24. The van der Waals surface area contributed by atoms with Crippen molar-refractivity contribution in [1.29, 1.82) is 0 Å². The highest BCUT2D eigenvalue weighted by Gasteiger charge is 2.64. The number of carbonyl (C=O) groups excluding carboxylic acids is 4. The topological polar surface area (TPSA) is 224 Å². The number of aliphatic hydroxyl groups is 4. The molecule has 5 unspecified atom stereocenters. The van der Waals surface area contributed by atoms with E-state index in [9.17, 15) is 44.7 Å². The quantitative estimate of drug-likeness (QED) is 0.150. The highest BCUT2D eigenvalue weighted by atomic mass is 16.7. The zero-order valence-corrected chi connectivity index (χ0v) is 31.6. The number of benzene rings is 1. The predicted octanol–water partition coefficient (Wildman–Crippen LogP) is 2.89. The fourth-order valence-electron chi connectivity index (χ4n) is 8.63. The standard InChI is InChI=1S/C38H54N4O11/c1-37(2,3)17-42(36(50)53-18-52-35(49)19-11-9-8-10-12-19)16-21-15-24(40(4)5)22-13-20-14-23-28(41(6)7)31(45)27(34(39)48)33(47)38(23,51)32(46)25(20)30(44)26(22)29(21)43/h15,19-20,23,28,35,43-44,47,49,51H,8-14,16-18H2,1-7H3,(H2,39,48). The summed E-state index contributed by atoms with van der Waals surface area (Å²) in [6.07, 6.45) is 3.02. The largest absolute Gasteiger partial charge is 0.508 e. The number of anilines is 1. The molecule has 15 nitrogen and oxygen atoms in total. The van der Waals surface area contributed by atoms with Crippen LogP contribution in [0.15, 0.2) is 23.0 Å². The maximum atomic E-state index is 14.3. The molecule has 0 heterocycles. The lowest BCUT2D eigenvalue weighted by Gasteiger charge is -2.50. The Morgan fingerprint density at radius 2 is 1.70 bits per heavy atom. The van der Waals surface area contributed by atoms with Crippen LogP contribution < -0.4 is 10.6 Å². The average Bonchev–Trinajstić information content (AvgIpc) is 3.06. The number of likely N-dealkylation sites (N-methyl/N-ethyl adjacent to an activating group) is 1. The van der Waals surface area contributed by atoms with Crippen LogP contribution in [0.2, 0.25) is 0 Å². The number of hydrogen-bond acceptors (Lipinski definition) is 13. The Hall–Kier alpha value is -4.18. The van der Waals surface area contributed by atoms with Crippen molar-refractivity contribution in [3.05, 3.63) is 39.7 Å². The van der Waals surface area contributed by atoms with Crippen molar-refractivity contribution in [3.63, 3.8) is 0 Å². The normalized spacial score (nSPS) is 25.5. The molecule has 1 aromatic carbocycles. The highest BCUT2D eigenvalue weighted by Crippen LogP contribution is 2.54. The van der Waals surface area contributed by atoms with Crippen molar-refractivity contribution in [2.24, 2.45) is 28.9 Å². The molecule has 4 aliphatic rings. The van der Waals surface area contributed by atoms with E-state index < -0.39 is 88.4 Å². The molecule has 4 aliphatic carbocycles. The van der Waals surface area contributed by atoms with Gasteiger partial charge in [-0.3, -0.25) is 19.3 Å². The van der Waals surface area contributed by atoms with Crippen molar-refractivity contribution in [1.82, 2.24) is 9.80 Å². The van der Waals surface area contributed by atoms with E-state index in [0.717, 1.165) is 32.1 Å². The lowest BCUT2D eigenvalue weighted by Crippen LogP contribution is -2.65. The SMILES string of the molecule is CN(C)c1cc(CN(CC(C)(C)C)C(=O)OCOC(O)C2CCCCC2)c(O)c2c1CC1CC3C(N(C)C)C(=O)C(C(N)=O)=C(O)C3(O)C(=O)C1=C2O. The van der Waals surface area contributed by atoms with Gasteiger partial charge in [-0.1, -0.05) is 40.0 Å². The second-order valence-electron chi connectivity index (χ2n) is 16.5. The molecule has 2 amide bonds. The monoisotopic (exact) mass is 742 g/mol. The summed E-state index contributed by atoms with van der Waals surface area (Å²) in [4.78, 5) is 58.2. The van der Waals surface area contributed by atoms with Gasteiger partial charge in [-0.2, -0.15) is 0 Å².